The maximum atomic E-state index is 13.4. The average molecular weight is 391 g/mol. The van der Waals surface area contributed by atoms with E-state index >= 15 is 0 Å². The summed E-state index contributed by atoms with van der Waals surface area (Å²) in [6.45, 7) is 2.04. The molecule has 0 unspecified atom stereocenters. The molecule has 0 aliphatic rings. The third-order valence-corrected chi connectivity index (χ3v) is 3.23. The van der Waals surface area contributed by atoms with E-state index in [2.05, 4.69) is 24.7 Å². The molecule has 1 aromatic heterocycles. The van der Waals surface area contributed by atoms with E-state index in [4.69, 9.17) is 20.9 Å². The molecule has 2 aromatic rings. The number of halogens is 2. The van der Waals surface area contributed by atoms with Crippen LogP contribution in [0.15, 0.2) is 29.7 Å². The Kier molecular flexibility index (Phi) is 6.07. The second-order valence-electron chi connectivity index (χ2n) is 4.36. The van der Waals surface area contributed by atoms with Crippen LogP contribution >= 0.6 is 11.6 Å². The number of ether oxygens (including phenoxy) is 1. The molecule has 0 amide bonds. The fraction of sp³-hybridized carbons (Fsp3) is 0.154. The zero-order valence-corrected chi connectivity index (χ0v) is 14.3. The van der Waals surface area contributed by atoms with Gasteiger partial charge in [-0.15, -0.1) is 0 Å². The highest BCUT2D eigenvalue weighted by Crippen LogP contribution is 2.30. The number of nitrogens with one attached hydrogen (secondary N) is 1. The zero-order chi connectivity index (χ0) is 18.4. The molecular weight excluding hydrogens is 379 g/mol. The average Bonchev–Trinajstić information content (AvgIpc) is 2.52. The van der Waals surface area contributed by atoms with Crippen molar-refractivity contribution in [3.8, 4) is 5.75 Å². The number of oxime groups is 1. The highest BCUT2D eigenvalue weighted by atomic mass is 35.5. The van der Waals surface area contributed by atoms with E-state index in [1.807, 2.05) is 0 Å². The zero-order valence-electron chi connectivity index (χ0n) is 12.7. The van der Waals surface area contributed by atoms with Crippen LogP contribution in [-0.4, -0.2) is 35.8 Å². The molecule has 2 rings (SSSR count). The van der Waals surface area contributed by atoms with Gasteiger partial charge in [-0.2, -0.15) is 8.42 Å². The lowest BCUT2D eigenvalue weighted by atomic mass is 10.2. The molecular formula is C13H12ClFN4O5S. The van der Waals surface area contributed by atoms with E-state index in [9.17, 15) is 12.8 Å². The SMILES string of the molecule is CCOc1cc(F)ccc1Nc1ncnc(Cl)c1C=NOS(=O)(=O)O. The van der Waals surface area contributed by atoms with Gasteiger partial charge >= 0.3 is 10.4 Å². The molecule has 0 saturated carbocycles. The number of nitrogens with zero attached hydrogens (tertiary/aromatic N) is 3. The summed E-state index contributed by atoms with van der Waals surface area (Å²) >= 11 is 5.93. The van der Waals surface area contributed by atoms with Crippen molar-refractivity contribution in [2.24, 2.45) is 5.16 Å². The molecule has 2 N–H and O–H groups in total. The van der Waals surface area contributed by atoms with Crippen molar-refractivity contribution in [1.82, 2.24) is 9.97 Å². The van der Waals surface area contributed by atoms with E-state index in [0.717, 1.165) is 12.5 Å². The van der Waals surface area contributed by atoms with Crippen molar-refractivity contribution < 1.29 is 26.4 Å². The van der Waals surface area contributed by atoms with Crippen LogP contribution in [0, 0.1) is 5.82 Å². The van der Waals surface area contributed by atoms with Crippen molar-refractivity contribution in [2.75, 3.05) is 11.9 Å². The van der Waals surface area contributed by atoms with Crippen LogP contribution in [0.1, 0.15) is 12.5 Å². The largest absolute Gasteiger partial charge is 0.492 e. The van der Waals surface area contributed by atoms with Crippen molar-refractivity contribution in [3.05, 3.63) is 41.1 Å². The number of benzene rings is 1. The van der Waals surface area contributed by atoms with Gasteiger partial charge in [-0.1, -0.05) is 16.8 Å². The lowest BCUT2D eigenvalue weighted by Crippen LogP contribution is -2.04. The Balaban J connectivity index is 2.36. The van der Waals surface area contributed by atoms with Gasteiger partial charge in [0.1, 0.15) is 28.9 Å². The Labute approximate surface area is 147 Å². The van der Waals surface area contributed by atoms with E-state index in [1.165, 1.54) is 18.2 Å². The predicted molar refractivity (Wildman–Crippen MR) is 88.1 cm³/mol. The van der Waals surface area contributed by atoms with Gasteiger partial charge in [-0.05, 0) is 19.1 Å². The topological polar surface area (TPSA) is 123 Å². The quantitative estimate of drug-likeness (QED) is 0.320. The molecule has 0 fully saturated rings. The summed E-state index contributed by atoms with van der Waals surface area (Å²) in [5.41, 5.74) is 0.447. The molecule has 0 bridgehead atoms. The Bertz CT molecular complexity index is 894. The van der Waals surface area contributed by atoms with E-state index in [-0.39, 0.29) is 22.3 Å². The second kappa shape index (κ2) is 8.05. The molecule has 1 heterocycles. The highest BCUT2D eigenvalue weighted by Gasteiger charge is 2.13. The van der Waals surface area contributed by atoms with Crippen molar-refractivity contribution in [1.29, 1.82) is 0 Å². The van der Waals surface area contributed by atoms with Crippen LogP contribution in [0.3, 0.4) is 0 Å². The van der Waals surface area contributed by atoms with Crippen molar-refractivity contribution in [2.45, 2.75) is 6.92 Å². The Morgan fingerprint density at radius 2 is 2.20 bits per heavy atom. The molecule has 0 aliphatic carbocycles. The minimum absolute atomic E-state index is 0.0691. The first-order valence-electron chi connectivity index (χ1n) is 6.69. The maximum Gasteiger partial charge on any atom is 0.466 e. The summed E-state index contributed by atoms with van der Waals surface area (Å²) in [4.78, 5) is 7.69. The standard InChI is InChI=1S/C13H12ClFN4O5S/c1-2-23-11-5-8(15)3-4-10(11)19-13-9(12(14)16-7-17-13)6-18-24-25(20,21)22/h3-7H,2H2,1H3,(H,16,17,19)(H,20,21,22). The van der Waals surface area contributed by atoms with Gasteiger partial charge in [0.25, 0.3) is 0 Å². The van der Waals surface area contributed by atoms with Gasteiger partial charge in [-0.3, -0.25) is 4.55 Å². The highest BCUT2D eigenvalue weighted by molar-refractivity contribution is 7.80. The maximum absolute atomic E-state index is 13.4. The van der Waals surface area contributed by atoms with Gasteiger partial charge < -0.3 is 10.1 Å². The molecule has 25 heavy (non-hydrogen) atoms. The number of aromatic nitrogens is 2. The first-order chi connectivity index (χ1) is 11.8. The molecule has 0 spiro atoms. The first kappa shape index (κ1) is 18.8. The molecule has 134 valence electrons. The minimum Gasteiger partial charge on any atom is -0.492 e. The molecule has 12 heteroatoms. The number of anilines is 2. The second-order valence-corrected chi connectivity index (χ2v) is 5.72. The van der Waals surface area contributed by atoms with E-state index in [1.54, 1.807) is 6.92 Å². The van der Waals surface area contributed by atoms with Crippen LogP contribution in [0.4, 0.5) is 15.9 Å². The van der Waals surface area contributed by atoms with Gasteiger partial charge in [0.05, 0.1) is 24.1 Å². The fourth-order valence-electron chi connectivity index (χ4n) is 1.72. The summed E-state index contributed by atoms with van der Waals surface area (Å²) < 4.78 is 52.1. The third-order valence-electron chi connectivity index (χ3n) is 2.65. The summed E-state index contributed by atoms with van der Waals surface area (Å²) in [6, 6.07) is 3.82. The van der Waals surface area contributed by atoms with Crippen LogP contribution in [-0.2, 0) is 14.7 Å². The van der Waals surface area contributed by atoms with Crippen molar-refractivity contribution in [3.63, 3.8) is 0 Å². The van der Waals surface area contributed by atoms with Crippen LogP contribution in [0.2, 0.25) is 5.15 Å². The molecule has 0 saturated heterocycles. The number of rotatable bonds is 7. The van der Waals surface area contributed by atoms with Gasteiger partial charge in [-0.25, -0.2) is 18.6 Å². The van der Waals surface area contributed by atoms with Crippen LogP contribution < -0.4 is 10.1 Å². The monoisotopic (exact) mass is 390 g/mol. The Hall–Kier alpha value is -2.50. The van der Waals surface area contributed by atoms with Crippen LogP contribution in [0.5, 0.6) is 5.75 Å². The van der Waals surface area contributed by atoms with Gasteiger partial charge in [0.15, 0.2) is 0 Å². The molecule has 0 aliphatic heterocycles. The minimum atomic E-state index is -4.76. The fourth-order valence-corrected chi connectivity index (χ4v) is 2.05. The van der Waals surface area contributed by atoms with Crippen molar-refractivity contribution >= 4 is 39.7 Å². The molecule has 9 nitrogen and oxygen atoms in total. The number of hydrogen-bond acceptors (Lipinski definition) is 8. The van der Waals surface area contributed by atoms with E-state index in [0.29, 0.717) is 12.3 Å². The molecule has 0 atom stereocenters. The summed E-state index contributed by atoms with van der Waals surface area (Å²) in [6.07, 6.45) is 2.04. The van der Waals surface area contributed by atoms with E-state index < -0.39 is 16.2 Å². The van der Waals surface area contributed by atoms with Gasteiger partial charge in [0.2, 0.25) is 0 Å². The predicted octanol–water partition coefficient (Wildman–Crippen LogP) is 2.56. The lowest BCUT2D eigenvalue weighted by molar-refractivity contribution is 0.284. The van der Waals surface area contributed by atoms with Gasteiger partial charge in [0, 0.05) is 6.07 Å². The normalized spacial score (nSPS) is 11.5. The number of hydrogen-bond donors (Lipinski definition) is 2. The third kappa shape index (κ3) is 5.52. The lowest BCUT2D eigenvalue weighted by Gasteiger charge is -2.13. The smallest absolute Gasteiger partial charge is 0.466 e. The summed E-state index contributed by atoms with van der Waals surface area (Å²) in [5, 5.41) is 5.88. The first-order valence-corrected chi connectivity index (χ1v) is 8.43. The molecule has 0 radical (unpaired) electrons. The Morgan fingerprint density at radius 1 is 1.44 bits per heavy atom. The summed E-state index contributed by atoms with van der Waals surface area (Å²) in [5.74, 6) is -0.136. The Morgan fingerprint density at radius 3 is 2.88 bits per heavy atom. The van der Waals surface area contributed by atoms with Crippen LogP contribution in [0.25, 0.3) is 0 Å². The summed E-state index contributed by atoms with van der Waals surface area (Å²) in [7, 11) is -4.76. The molecule has 1 aromatic carbocycles.